The highest BCUT2D eigenvalue weighted by Crippen LogP contribution is 2.17. The van der Waals surface area contributed by atoms with E-state index in [9.17, 15) is 0 Å². The molecule has 0 amide bonds. The summed E-state index contributed by atoms with van der Waals surface area (Å²) in [6, 6.07) is 0.714. The highest BCUT2D eigenvalue weighted by molar-refractivity contribution is 4.73. The third kappa shape index (κ3) is 4.40. The summed E-state index contributed by atoms with van der Waals surface area (Å²) >= 11 is 0. The minimum Gasteiger partial charge on any atom is -0.376 e. The monoisotopic (exact) mass is 227 g/mol. The molecule has 3 heteroatoms. The van der Waals surface area contributed by atoms with E-state index in [4.69, 9.17) is 9.47 Å². The molecule has 0 spiro atoms. The molecular formula is C13H25NO2. The SMILES string of the molecule is C1CCCC(NCC2COCCO2)CCC1. The number of hydrogen-bond acceptors (Lipinski definition) is 3. The number of rotatable bonds is 3. The molecule has 1 N–H and O–H groups in total. The molecule has 2 aliphatic rings. The van der Waals surface area contributed by atoms with Gasteiger partial charge in [0.25, 0.3) is 0 Å². The zero-order valence-corrected chi connectivity index (χ0v) is 10.2. The van der Waals surface area contributed by atoms with Gasteiger partial charge in [0.1, 0.15) is 0 Å². The Morgan fingerprint density at radius 2 is 1.69 bits per heavy atom. The first-order valence-electron chi connectivity index (χ1n) is 6.88. The fourth-order valence-electron chi connectivity index (χ4n) is 2.61. The Hall–Kier alpha value is -0.120. The maximum Gasteiger partial charge on any atom is 0.0933 e. The molecule has 1 heterocycles. The highest BCUT2D eigenvalue weighted by Gasteiger charge is 2.16. The van der Waals surface area contributed by atoms with Crippen LogP contribution in [0.3, 0.4) is 0 Å². The van der Waals surface area contributed by atoms with Crippen molar-refractivity contribution in [3.05, 3.63) is 0 Å². The smallest absolute Gasteiger partial charge is 0.0933 e. The van der Waals surface area contributed by atoms with E-state index < -0.39 is 0 Å². The van der Waals surface area contributed by atoms with E-state index in [1.165, 1.54) is 44.9 Å². The summed E-state index contributed by atoms with van der Waals surface area (Å²) in [6.45, 7) is 3.25. The lowest BCUT2D eigenvalue weighted by molar-refractivity contribution is -0.0872. The topological polar surface area (TPSA) is 30.5 Å². The summed E-state index contributed by atoms with van der Waals surface area (Å²) in [5.74, 6) is 0. The van der Waals surface area contributed by atoms with Gasteiger partial charge >= 0.3 is 0 Å². The molecule has 0 bridgehead atoms. The van der Waals surface area contributed by atoms with Crippen molar-refractivity contribution in [1.29, 1.82) is 0 Å². The number of nitrogens with one attached hydrogen (secondary N) is 1. The van der Waals surface area contributed by atoms with Crippen molar-refractivity contribution in [1.82, 2.24) is 5.32 Å². The first kappa shape index (κ1) is 12.3. The average Bonchev–Trinajstić information content (AvgIpc) is 2.29. The van der Waals surface area contributed by atoms with Crippen LogP contribution in [-0.4, -0.2) is 38.5 Å². The number of ether oxygens (including phenoxy) is 2. The fraction of sp³-hybridized carbons (Fsp3) is 1.00. The van der Waals surface area contributed by atoms with Crippen molar-refractivity contribution in [2.24, 2.45) is 0 Å². The normalized spacial score (nSPS) is 29.6. The molecule has 0 radical (unpaired) electrons. The summed E-state index contributed by atoms with van der Waals surface area (Å²) in [7, 11) is 0. The van der Waals surface area contributed by atoms with Crippen LogP contribution in [0.15, 0.2) is 0 Å². The van der Waals surface area contributed by atoms with Crippen LogP contribution in [0.25, 0.3) is 0 Å². The molecule has 0 aromatic rings. The molecule has 1 unspecified atom stereocenters. The quantitative estimate of drug-likeness (QED) is 0.801. The molecule has 3 nitrogen and oxygen atoms in total. The first-order chi connectivity index (χ1) is 7.95. The van der Waals surface area contributed by atoms with Crippen LogP contribution in [0.2, 0.25) is 0 Å². The molecule has 0 aromatic heterocycles. The summed E-state index contributed by atoms with van der Waals surface area (Å²) < 4.78 is 11.0. The van der Waals surface area contributed by atoms with E-state index in [1.54, 1.807) is 0 Å². The second-order valence-electron chi connectivity index (χ2n) is 5.02. The Balaban J connectivity index is 1.62. The summed E-state index contributed by atoms with van der Waals surface area (Å²) in [5.41, 5.74) is 0. The van der Waals surface area contributed by atoms with Crippen molar-refractivity contribution < 1.29 is 9.47 Å². The van der Waals surface area contributed by atoms with Gasteiger partial charge in [0.15, 0.2) is 0 Å². The van der Waals surface area contributed by atoms with Gasteiger partial charge in [-0.3, -0.25) is 0 Å². The maximum atomic E-state index is 5.64. The van der Waals surface area contributed by atoms with Crippen LogP contribution in [0.5, 0.6) is 0 Å². The minimum atomic E-state index is 0.277. The van der Waals surface area contributed by atoms with Gasteiger partial charge in [-0.25, -0.2) is 0 Å². The van der Waals surface area contributed by atoms with Gasteiger partial charge < -0.3 is 14.8 Å². The van der Waals surface area contributed by atoms with Crippen molar-refractivity contribution in [2.45, 2.75) is 57.1 Å². The predicted octanol–water partition coefficient (Wildman–Crippen LogP) is 2.10. The lowest BCUT2D eigenvalue weighted by atomic mass is 9.96. The predicted molar refractivity (Wildman–Crippen MR) is 64.7 cm³/mol. The fourth-order valence-corrected chi connectivity index (χ4v) is 2.61. The minimum absolute atomic E-state index is 0.277. The molecule has 94 valence electrons. The van der Waals surface area contributed by atoms with E-state index in [-0.39, 0.29) is 6.10 Å². The van der Waals surface area contributed by atoms with Crippen LogP contribution in [0, 0.1) is 0 Å². The van der Waals surface area contributed by atoms with E-state index in [0.29, 0.717) is 6.04 Å². The molecule has 1 atom stereocenters. The van der Waals surface area contributed by atoms with Gasteiger partial charge in [0, 0.05) is 12.6 Å². The van der Waals surface area contributed by atoms with Crippen LogP contribution in [-0.2, 0) is 9.47 Å². The molecular weight excluding hydrogens is 202 g/mol. The number of hydrogen-bond donors (Lipinski definition) is 1. The lowest BCUT2D eigenvalue weighted by Gasteiger charge is -2.27. The Kier molecular flexibility index (Phi) is 5.59. The van der Waals surface area contributed by atoms with Crippen LogP contribution >= 0.6 is 0 Å². The molecule has 16 heavy (non-hydrogen) atoms. The van der Waals surface area contributed by atoms with E-state index in [2.05, 4.69) is 5.32 Å². The van der Waals surface area contributed by atoms with Crippen molar-refractivity contribution >= 4 is 0 Å². The summed E-state index contributed by atoms with van der Waals surface area (Å²) in [5, 5.41) is 3.65. The Labute approximate surface area is 98.9 Å². The van der Waals surface area contributed by atoms with Crippen LogP contribution in [0.1, 0.15) is 44.9 Å². The van der Waals surface area contributed by atoms with Gasteiger partial charge in [0.05, 0.1) is 25.9 Å². The van der Waals surface area contributed by atoms with Crippen molar-refractivity contribution in [3.63, 3.8) is 0 Å². The van der Waals surface area contributed by atoms with E-state index >= 15 is 0 Å². The second kappa shape index (κ2) is 7.25. The molecule has 1 saturated carbocycles. The summed E-state index contributed by atoms with van der Waals surface area (Å²) in [6.07, 6.45) is 10.0. The standard InChI is InChI=1S/C13H25NO2/c1-2-4-6-12(7-5-3-1)14-10-13-11-15-8-9-16-13/h12-14H,1-11H2. The Bertz CT molecular complexity index is 173. The second-order valence-corrected chi connectivity index (χ2v) is 5.02. The molecule has 2 rings (SSSR count). The molecule has 0 aromatic carbocycles. The van der Waals surface area contributed by atoms with Gasteiger partial charge in [0.2, 0.25) is 0 Å². The Morgan fingerprint density at radius 3 is 2.38 bits per heavy atom. The van der Waals surface area contributed by atoms with Gasteiger partial charge in [-0.2, -0.15) is 0 Å². The Morgan fingerprint density at radius 1 is 0.938 bits per heavy atom. The zero-order chi connectivity index (χ0) is 11.1. The summed E-state index contributed by atoms with van der Waals surface area (Å²) in [4.78, 5) is 0. The van der Waals surface area contributed by atoms with Gasteiger partial charge in [-0.15, -0.1) is 0 Å². The molecule has 1 saturated heterocycles. The van der Waals surface area contributed by atoms with E-state index in [0.717, 1.165) is 26.4 Å². The third-order valence-corrected chi connectivity index (χ3v) is 3.62. The van der Waals surface area contributed by atoms with Gasteiger partial charge in [-0.05, 0) is 12.8 Å². The highest BCUT2D eigenvalue weighted by atomic mass is 16.6. The molecule has 2 fully saturated rings. The zero-order valence-electron chi connectivity index (χ0n) is 10.2. The van der Waals surface area contributed by atoms with Crippen LogP contribution in [0.4, 0.5) is 0 Å². The molecule has 1 aliphatic carbocycles. The van der Waals surface area contributed by atoms with Crippen molar-refractivity contribution in [3.8, 4) is 0 Å². The van der Waals surface area contributed by atoms with Crippen LogP contribution < -0.4 is 5.32 Å². The average molecular weight is 227 g/mol. The maximum absolute atomic E-state index is 5.64. The van der Waals surface area contributed by atoms with Gasteiger partial charge in [-0.1, -0.05) is 32.1 Å². The van der Waals surface area contributed by atoms with Crippen molar-refractivity contribution in [2.75, 3.05) is 26.4 Å². The first-order valence-corrected chi connectivity index (χ1v) is 6.88. The largest absolute Gasteiger partial charge is 0.376 e. The lowest BCUT2D eigenvalue weighted by Crippen LogP contribution is -2.41. The molecule has 1 aliphatic heterocycles. The third-order valence-electron chi connectivity index (χ3n) is 3.62. The van der Waals surface area contributed by atoms with E-state index in [1.807, 2.05) is 0 Å².